The predicted molar refractivity (Wildman–Crippen MR) is 110 cm³/mol. The molecule has 0 N–H and O–H groups in total. The second-order valence-electron chi connectivity index (χ2n) is 6.41. The average molecular weight is 412 g/mol. The van der Waals surface area contributed by atoms with E-state index in [1.807, 2.05) is 32.0 Å². The summed E-state index contributed by atoms with van der Waals surface area (Å²) >= 11 is 5.94. The van der Waals surface area contributed by atoms with Gasteiger partial charge < -0.3 is 0 Å². The van der Waals surface area contributed by atoms with Crippen molar-refractivity contribution in [2.24, 2.45) is 0 Å². The van der Waals surface area contributed by atoms with E-state index < -0.39 is 9.84 Å². The standard InChI is InChI=1S/C21H18ClN3O2S/c1-14-4-10-19(11-5-14)28(26,27)20(13-23)12-21-15(2)24-25(16(21)3)18-8-6-17(22)7-9-18/h4-12H,1-3H3. The van der Waals surface area contributed by atoms with E-state index in [-0.39, 0.29) is 9.80 Å². The van der Waals surface area contributed by atoms with Crippen molar-refractivity contribution in [3.05, 3.63) is 81.0 Å². The zero-order chi connectivity index (χ0) is 20.5. The largest absolute Gasteiger partial charge is 0.237 e. The number of benzene rings is 2. The van der Waals surface area contributed by atoms with Crippen molar-refractivity contribution in [1.82, 2.24) is 9.78 Å². The molecule has 7 heteroatoms. The van der Waals surface area contributed by atoms with E-state index in [4.69, 9.17) is 11.6 Å². The minimum atomic E-state index is -3.92. The maximum Gasteiger partial charge on any atom is 0.216 e. The van der Waals surface area contributed by atoms with Gasteiger partial charge in [-0.2, -0.15) is 10.4 Å². The smallest absolute Gasteiger partial charge is 0.216 e. The first-order chi connectivity index (χ1) is 13.2. The lowest BCUT2D eigenvalue weighted by atomic mass is 10.2. The van der Waals surface area contributed by atoms with Crippen LogP contribution >= 0.6 is 11.6 Å². The number of halogens is 1. The van der Waals surface area contributed by atoms with Crippen molar-refractivity contribution < 1.29 is 8.42 Å². The molecular formula is C21H18ClN3O2S. The van der Waals surface area contributed by atoms with Crippen LogP contribution in [0.2, 0.25) is 5.02 Å². The maximum atomic E-state index is 12.9. The maximum absolute atomic E-state index is 12.9. The highest BCUT2D eigenvalue weighted by atomic mass is 35.5. The van der Waals surface area contributed by atoms with E-state index in [0.717, 1.165) is 16.9 Å². The van der Waals surface area contributed by atoms with Gasteiger partial charge in [-0.25, -0.2) is 13.1 Å². The van der Waals surface area contributed by atoms with Crippen LogP contribution in [0.3, 0.4) is 0 Å². The molecule has 142 valence electrons. The summed E-state index contributed by atoms with van der Waals surface area (Å²) < 4.78 is 27.5. The number of hydrogen-bond acceptors (Lipinski definition) is 4. The van der Waals surface area contributed by atoms with Gasteiger partial charge in [-0.15, -0.1) is 0 Å². The van der Waals surface area contributed by atoms with Crippen molar-refractivity contribution in [2.75, 3.05) is 0 Å². The molecule has 0 saturated heterocycles. The van der Waals surface area contributed by atoms with Crippen molar-refractivity contribution in [3.63, 3.8) is 0 Å². The first-order valence-corrected chi connectivity index (χ1v) is 10.4. The van der Waals surface area contributed by atoms with Gasteiger partial charge in [0.05, 0.1) is 16.3 Å². The van der Waals surface area contributed by atoms with Gasteiger partial charge in [0.1, 0.15) is 11.0 Å². The molecule has 0 aliphatic carbocycles. The highest BCUT2D eigenvalue weighted by molar-refractivity contribution is 7.95. The highest BCUT2D eigenvalue weighted by Gasteiger charge is 2.22. The Morgan fingerprint density at radius 2 is 1.68 bits per heavy atom. The summed E-state index contributed by atoms with van der Waals surface area (Å²) in [6.07, 6.45) is 1.39. The Morgan fingerprint density at radius 3 is 2.25 bits per heavy atom. The number of rotatable bonds is 4. The van der Waals surface area contributed by atoms with Crippen LogP contribution in [0.5, 0.6) is 0 Å². The number of aromatic nitrogens is 2. The number of aryl methyl sites for hydroxylation is 2. The molecule has 0 aliphatic heterocycles. The fraction of sp³-hybridized carbons (Fsp3) is 0.143. The Labute approximate surface area is 169 Å². The summed E-state index contributed by atoms with van der Waals surface area (Å²) in [6.45, 7) is 5.47. The molecule has 2 aromatic carbocycles. The molecule has 1 heterocycles. The Kier molecular flexibility index (Phi) is 5.41. The van der Waals surface area contributed by atoms with Crippen molar-refractivity contribution >= 4 is 27.5 Å². The molecule has 0 unspecified atom stereocenters. The number of hydrogen-bond donors (Lipinski definition) is 0. The van der Waals surface area contributed by atoms with Gasteiger partial charge in [0, 0.05) is 16.3 Å². The Balaban J connectivity index is 2.10. The van der Waals surface area contributed by atoms with E-state index in [2.05, 4.69) is 5.10 Å². The normalized spacial score (nSPS) is 12.0. The molecule has 1 aromatic heterocycles. The number of nitrogens with zero attached hydrogens (tertiary/aromatic N) is 3. The lowest BCUT2D eigenvalue weighted by Gasteiger charge is -2.05. The van der Waals surface area contributed by atoms with Crippen molar-refractivity contribution in [3.8, 4) is 11.8 Å². The topological polar surface area (TPSA) is 75.8 Å². The third kappa shape index (κ3) is 3.72. The minimum absolute atomic E-state index is 0.0892. The Hall–Kier alpha value is -2.88. The summed E-state index contributed by atoms with van der Waals surface area (Å²) in [7, 11) is -3.92. The van der Waals surface area contributed by atoms with Crippen LogP contribution in [0, 0.1) is 32.1 Å². The average Bonchev–Trinajstić information content (AvgIpc) is 2.94. The molecule has 0 atom stereocenters. The van der Waals surface area contributed by atoms with E-state index in [1.54, 1.807) is 35.9 Å². The summed E-state index contributed by atoms with van der Waals surface area (Å²) in [4.78, 5) is -0.232. The first kappa shape index (κ1) is 19.9. The van der Waals surface area contributed by atoms with Crippen LogP contribution in [-0.4, -0.2) is 18.2 Å². The quantitative estimate of drug-likeness (QED) is 0.578. The fourth-order valence-electron chi connectivity index (χ4n) is 2.84. The molecule has 28 heavy (non-hydrogen) atoms. The van der Waals surface area contributed by atoms with Gasteiger partial charge in [-0.05, 0) is 63.2 Å². The molecule has 3 rings (SSSR count). The SMILES string of the molecule is Cc1ccc(S(=O)(=O)C(C#N)=Cc2c(C)nn(-c3ccc(Cl)cc3)c2C)cc1. The van der Waals surface area contributed by atoms with Crippen molar-refractivity contribution in [2.45, 2.75) is 25.7 Å². The molecule has 0 fully saturated rings. The minimum Gasteiger partial charge on any atom is -0.237 e. The molecule has 5 nitrogen and oxygen atoms in total. The van der Waals surface area contributed by atoms with E-state index in [0.29, 0.717) is 16.3 Å². The van der Waals surface area contributed by atoms with Crippen LogP contribution in [0.4, 0.5) is 0 Å². The molecule has 0 spiro atoms. The van der Waals surface area contributed by atoms with Crippen LogP contribution < -0.4 is 0 Å². The number of nitriles is 1. The summed E-state index contributed by atoms with van der Waals surface area (Å²) in [5, 5.41) is 14.6. The predicted octanol–water partition coefficient (Wildman–Crippen LogP) is 4.79. The second-order valence-corrected chi connectivity index (χ2v) is 8.76. The number of sulfone groups is 1. The van der Waals surface area contributed by atoms with E-state index >= 15 is 0 Å². The molecule has 0 bridgehead atoms. The molecule has 0 radical (unpaired) electrons. The third-order valence-corrected chi connectivity index (χ3v) is 6.36. The highest BCUT2D eigenvalue weighted by Crippen LogP contribution is 2.26. The zero-order valence-electron chi connectivity index (χ0n) is 15.6. The van der Waals surface area contributed by atoms with Gasteiger partial charge in [0.2, 0.25) is 9.84 Å². The monoisotopic (exact) mass is 411 g/mol. The van der Waals surface area contributed by atoms with Gasteiger partial charge in [-0.1, -0.05) is 29.3 Å². The van der Waals surface area contributed by atoms with E-state index in [1.165, 1.54) is 18.2 Å². The lowest BCUT2D eigenvalue weighted by Crippen LogP contribution is -2.04. The van der Waals surface area contributed by atoms with Gasteiger partial charge in [-0.3, -0.25) is 0 Å². The molecule has 0 amide bonds. The van der Waals surface area contributed by atoms with Gasteiger partial charge in [0.25, 0.3) is 0 Å². The summed E-state index contributed by atoms with van der Waals surface area (Å²) in [5.41, 5.74) is 3.69. The summed E-state index contributed by atoms with van der Waals surface area (Å²) in [6, 6.07) is 15.4. The molecular weight excluding hydrogens is 394 g/mol. The van der Waals surface area contributed by atoms with Gasteiger partial charge >= 0.3 is 0 Å². The molecule has 0 saturated carbocycles. The van der Waals surface area contributed by atoms with Crippen molar-refractivity contribution in [1.29, 1.82) is 5.26 Å². The van der Waals surface area contributed by atoms with Crippen LogP contribution in [0.1, 0.15) is 22.5 Å². The molecule has 0 aliphatic rings. The first-order valence-electron chi connectivity index (χ1n) is 8.50. The third-order valence-electron chi connectivity index (χ3n) is 4.42. The van der Waals surface area contributed by atoms with Crippen LogP contribution in [0.25, 0.3) is 11.8 Å². The lowest BCUT2D eigenvalue weighted by molar-refractivity contribution is 0.603. The Morgan fingerprint density at radius 1 is 1.07 bits per heavy atom. The van der Waals surface area contributed by atoms with E-state index in [9.17, 15) is 13.7 Å². The van der Waals surface area contributed by atoms with Crippen LogP contribution in [-0.2, 0) is 9.84 Å². The van der Waals surface area contributed by atoms with Crippen LogP contribution in [0.15, 0.2) is 58.3 Å². The Bertz CT molecular complexity index is 1200. The zero-order valence-corrected chi connectivity index (χ0v) is 17.2. The fourth-order valence-corrected chi connectivity index (χ4v) is 4.11. The second kappa shape index (κ2) is 7.63. The van der Waals surface area contributed by atoms with Gasteiger partial charge in [0.15, 0.2) is 0 Å². The number of allylic oxidation sites excluding steroid dienone is 1. The summed E-state index contributed by atoms with van der Waals surface area (Å²) in [5.74, 6) is 0. The molecule has 3 aromatic rings.